The first-order chi connectivity index (χ1) is 23.8. The number of benzene rings is 6. The molecule has 0 bridgehead atoms. The van der Waals surface area contributed by atoms with Crippen molar-refractivity contribution in [3.63, 3.8) is 0 Å². The van der Waals surface area contributed by atoms with Gasteiger partial charge < -0.3 is 0 Å². The van der Waals surface area contributed by atoms with E-state index in [0.717, 1.165) is 66.4 Å². The third kappa shape index (κ3) is 4.22. The molecule has 224 valence electrons. The number of hydrogen-bond donors (Lipinski definition) is 0. The molecule has 10 aromatic rings. The molecular formula is C41H24N6S. The highest BCUT2D eigenvalue weighted by Crippen LogP contribution is 2.41. The highest BCUT2D eigenvalue weighted by Gasteiger charge is 2.19. The summed E-state index contributed by atoms with van der Waals surface area (Å²) < 4.78 is 4.54. The summed E-state index contributed by atoms with van der Waals surface area (Å²) in [4.78, 5) is 25.2. The summed E-state index contributed by atoms with van der Waals surface area (Å²) in [7, 11) is 0. The monoisotopic (exact) mass is 632 g/mol. The Morgan fingerprint density at radius 1 is 0.438 bits per heavy atom. The van der Waals surface area contributed by atoms with Gasteiger partial charge in [0, 0.05) is 47.8 Å². The number of aromatic nitrogens is 6. The van der Waals surface area contributed by atoms with Crippen LogP contribution in [-0.2, 0) is 0 Å². The van der Waals surface area contributed by atoms with Crippen LogP contribution in [0.2, 0.25) is 0 Å². The highest BCUT2D eigenvalue weighted by atomic mass is 32.1. The molecule has 0 saturated heterocycles. The van der Waals surface area contributed by atoms with Crippen LogP contribution in [0.4, 0.5) is 0 Å². The molecule has 0 fully saturated rings. The fraction of sp³-hybridized carbons (Fsp3) is 0. The van der Waals surface area contributed by atoms with Crippen molar-refractivity contribution in [3.05, 3.63) is 146 Å². The number of nitrogens with zero attached hydrogens (tertiary/aromatic N) is 6. The van der Waals surface area contributed by atoms with Crippen molar-refractivity contribution in [2.24, 2.45) is 0 Å². The van der Waals surface area contributed by atoms with Crippen molar-refractivity contribution in [1.82, 2.24) is 29.3 Å². The molecule has 6 nitrogen and oxygen atoms in total. The molecule has 0 N–H and O–H groups in total. The van der Waals surface area contributed by atoms with Crippen LogP contribution in [0.1, 0.15) is 0 Å². The molecular weight excluding hydrogens is 609 g/mol. The predicted molar refractivity (Wildman–Crippen MR) is 196 cm³/mol. The third-order valence-electron chi connectivity index (χ3n) is 8.84. The topological polar surface area (TPSA) is 68.9 Å². The molecule has 0 aliphatic carbocycles. The van der Waals surface area contributed by atoms with Gasteiger partial charge in [-0.1, -0.05) is 109 Å². The SMILES string of the molecule is c1ccc(-c2nc(-c3ccccc3)nc(-c3cccc4sc5cc(-c6nc7ccccc7c7nc8ccccc8n67)ccc5c34)n2)cc1. The van der Waals surface area contributed by atoms with Crippen molar-refractivity contribution in [1.29, 1.82) is 0 Å². The zero-order valence-corrected chi connectivity index (χ0v) is 26.3. The van der Waals surface area contributed by atoms with Crippen molar-refractivity contribution in [3.8, 4) is 45.6 Å². The zero-order valence-electron chi connectivity index (χ0n) is 25.4. The predicted octanol–water partition coefficient (Wildman–Crippen LogP) is 10.3. The molecule has 0 amide bonds. The van der Waals surface area contributed by atoms with Crippen molar-refractivity contribution in [2.45, 2.75) is 0 Å². The van der Waals surface area contributed by atoms with E-state index in [1.165, 1.54) is 9.40 Å². The number of imidazole rings is 1. The minimum Gasteiger partial charge on any atom is -0.276 e. The van der Waals surface area contributed by atoms with Crippen LogP contribution in [0, 0.1) is 0 Å². The highest BCUT2D eigenvalue weighted by molar-refractivity contribution is 7.26. The number of hydrogen-bond acceptors (Lipinski definition) is 6. The maximum absolute atomic E-state index is 5.20. The van der Waals surface area contributed by atoms with Gasteiger partial charge in [0.1, 0.15) is 11.5 Å². The molecule has 48 heavy (non-hydrogen) atoms. The molecule has 0 aliphatic rings. The van der Waals surface area contributed by atoms with Crippen LogP contribution in [0.15, 0.2) is 146 Å². The zero-order chi connectivity index (χ0) is 31.6. The van der Waals surface area contributed by atoms with Crippen LogP contribution in [0.25, 0.3) is 93.3 Å². The number of thiophene rings is 1. The van der Waals surface area contributed by atoms with Crippen molar-refractivity contribution in [2.75, 3.05) is 0 Å². The maximum Gasteiger partial charge on any atom is 0.164 e. The van der Waals surface area contributed by atoms with Gasteiger partial charge in [-0.2, -0.15) is 0 Å². The normalized spacial score (nSPS) is 11.8. The summed E-state index contributed by atoms with van der Waals surface area (Å²) in [5.41, 5.74) is 7.74. The van der Waals surface area contributed by atoms with Gasteiger partial charge in [0.2, 0.25) is 0 Å². The lowest BCUT2D eigenvalue weighted by Gasteiger charge is -2.10. The molecule has 6 aromatic carbocycles. The Labute approximate surface area is 278 Å². The quantitative estimate of drug-likeness (QED) is 0.193. The van der Waals surface area contributed by atoms with E-state index in [4.69, 9.17) is 24.9 Å². The molecule has 0 saturated carbocycles. The average molecular weight is 633 g/mol. The second-order valence-corrected chi connectivity index (χ2v) is 12.8. The van der Waals surface area contributed by atoms with E-state index in [-0.39, 0.29) is 0 Å². The molecule has 7 heteroatoms. The molecule has 4 aromatic heterocycles. The van der Waals surface area contributed by atoms with Gasteiger partial charge >= 0.3 is 0 Å². The van der Waals surface area contributed by atoms with Gasteiger partial charge in [0.15, 0.2) is 17.5 Å². The Morgan fingerprint density at radius 3 is 1.88 bits per heavy atom. The second kappa shape index (κ2) is 10.6. The van der Waals surface area contributed by atoms with E-state index in [1.807, 2.05) is 78.9 Å². The average Bonchev–Trinajstić information content (AvgIpc) is 3.74. The van der Waals surface area contributed by atoms with E-state index >= 15 is 0 Å². The Hall–Kier alpha value is -6.31. The molecule has 10 rings (SSSR count). The molecule has 0 radical (unpaired) electrons. The Kier molecular flexibility index (Phi) is 5.94. The van der Waals surface area contributed by atoms with Gasteiger partial charge in [-0.05, 0) is 36.4 Å². The second-order valence-electron chi connectivity index (χ2n) is 11.7. The summed E-state index contributed by atoms with van der Waals surface area (Å²) in [5.74, 6) is 2.82. The Balaban J connectivity index is 1.19. The van der Waals surface area contributed by atoms with E-state index in [9.17, 15) is 0 Å². The first-order valence-electron chi connectivity index (χ1n) is 15.8. The lowest BCUT2D eigenvalue weighted by molar-refractivity contribution is 1.08. The lowest BCUT2D eigenvalue weighted by atomic mass is 10.0. The first kappa shape index (κ1) is 26.9. The molecule has 4 heterocycles. The van der Waals surface area contributed by atoms with Crippen molar-refractivity contribution >= 4 is 59.1 Å². The summed E-state index contributed by atoms with van der Waals surface area (Å²) in [5, 5.41) is 3.33. The standard InChI is InChI=1S/C41H24N6S/c1-3-12-25(13-4-1)37-44-38(26-14-5-2-6-15-26)46-39(45-37)30-17-11-21-34-36(30)29-23-22-27(24-35(29)48-34)40-42-31-18-8-7-16-28(31)41-43-32-19-9-10-20-33(32)47(40)41/h1-24H. The minimum absolute atomic E-state index is 0.650. The summed E-state index contributed by atoms with van der Waals surface area (Å²) >= 11 is 1.77. The minimum atomic E-state index is 0.650. The van der Waals surface area contributed by atoms with Gasteiger partial charge in [-0.15, -0.1) is 11.3 Å². The summed E-state index contributed by atoms with van der Waals surface area (Å²) in [6, 6.07) is 49.7. The van der Waals surface area contributed by atoms with Crippen LogP contribution in [0.5, 0.6) is 0 Å². The Bertz CT molecular complexity index is 2780. The van der Waals surface area contributed by atoms with Crippen LogP contribution < -0.4 is 0 Å². The smallest absolute Gasteiger partial charge is 0.164 e. The third-order valence-corrected chi connectivity index (χ3v) is 9.96. The van der Waals surface area contributed by atoms with E-state index < -0.39 is 0 Å². The van der Waals surface area contributed by atoms with Crippen LogP contribution in [0.3, 0.4) is 0 Å². The first-order valence-corrected chi connectivity index (χ1v) is 16.6. The van der Waals surface area contributed by atoms with E-state index in [2.05, 4.69) is 71.1 Å². The summed E-state index contributed by atoms with van der Waals surface area (Å²) in [6.45, 7) is 0. The molecule has 0 spiro atoms. The largest absolute Gasteiger partial charge is 0.276 e. The lowest BCUT2D eigenvalue weighted by Crippen LogP contribution is -2.00. The Morgan fingerprint density at radius 2 is 1.10 bits per heavy atom. The maximum atomic E-state index is 5.20. The van der Waals surface area contributed by atoms with Gasteiger partial charge in [-0.3, -0.25) is 4.40 Å². The van der Waals surface area contributed by atoms with Gasteiger partial charge in [0.25, 0.3) is 0 Å². The van der Waals surface area contributed by atoms with Gasteiger partial charge in [0.05, 0.1) is 16.6 Å². The van der Waals surface area contributed by atoms with E-state index in [1.54, 1.807) is 11.3 Å². The number of fused-ring (bicyclic) bond motifs is 8. The summed E-state index contributed by atoms with van der Waals surface area (Å²) in [6.07, 6.45) is 0. The van der Waals surface area contributed by atoms with Crippen LogP contribution >= 0.6 is 11.3 Å². The fourth-order valence-electron chi connectivity index (χ4n) is 6.62. The number of rotatable bonds is 4. The fourth-order valence-corrected chi connectivity index (χ4v) is 7.79. The van der Waals surface area contributed by atoms with Gasteiger partial charge in [-0.25, -0.2) is 24.9 Å². The number of para-hydroxylation sites is 3. The van der Waals surface area contributed by atoms with Crippen molar-refractivity contribution < 1.29 is 0 Å². The molecule has 0 unspecified atom stereocenters. The van der Waals surface area contributed by atoms with E-state index in [0.29, 0.717) is 17.5 Å². The molecule has 0 atom stereocenters. The molecule has 0 aliphatic heterocycles. The van der Waals surface area contributed by atoms with Crippen LogP contribution in [-0.4, -0.2) is 29.3 Å².